The van der Waals surface area contributed by atoms with Gasteiger partial charge in [0.25, 0.3) is 0 Å². The van der Waals surface area contributed by atoms with E-state index >= 15 is 0 Å². The molecule has 0 atom stereocenters. The van der Waals surface area contributed by atoms with Crippen molar-refractivity contribution in [2.75, 3.05) is 13.1 Å². The van der Waals surface area contributed by atoms with E-state index in [2.05, 4.69) is 41.6 Å². The van der Waals surface area contributed by atoms with E-state index in [9.17, 15) is 4.39 Å². The minimum absolute atomic E-state index is 0.0632. The van der Waals surface area contributed by atoms with Crippen LogP contribution in [0.3, 0.4) is 0 Å². The smallest absolute Gasteiger partial charge is 0.126 e. The number of aryl methyl sites for hydroxylation is 2. The van der Waals surface area contributed by atoms with E-state index in [0.29, 0.717) is 5.92 Å². The monoisotopic (exact) mass is 337 g/mol. The number of likely N-dealkylation sites (tertiary alicyclic amines) is 1. The van der Waals surface area contributed by atoms with Gasteiger partial charge in [-0.3, -0.25) is 4.90 Å². The molecule has 0 bridgehead atoms. The first-order valence-electron chi connectivity index (χ1n) is 9.01. The molecule has 0 radical (unpaired) electrons. The van der Waals surface area contributed by atoms with Crippen molar-refractivity contribution in [2.24, 2.45) is 7.05 Å². The Kier molecular flexibility index (Phi) is 4.30. The minimum atomic E-state index is -0.0632. The summed E-state index contributed by atoms with van der Waals surface area (Å²) in [4.78, 5) is 7.26. The lowest BCUT2D eigenvalue weighted by Crippen LogP contribution is -2.33. The number of nitrogens with zero attached hydrogens (tertiary/aromatic N) is 3. The largest absolute Gasteiger partial charge is 0.330 e. The van der Waals surface area contributed by atoms with Crippen LogP contribution in [0.5, 0.6) is 0 Å². The van der Waals surface area contributed by atoms with Gasteiger partial charge in [0.15, 0.2) is 0 Å². The first-order valence-corrected chi connectivity index (χ1v) is 9.01. The third-order valence-electron chi connectivity index (χ3n) is 5.49. The lowest BCUT2D eigenvalue weighted by Gasteiger charge is -2.32. The first-order chi connectivity index (χ1) is 12.1. The predicted molar refractivity (Wildman–Crippen MR) is 99.1 cm³/mol. The summed E-state index contributed by atoms with van der Waals surface area (Å²) in [6.07, 6.45) is 2.01. The Morgan fingerprint density at radius 3 is 2.56 bits per heavy atom. The van der Waals surface area contributed by atoms with Crippen LogP contribution in [0.2, 0.25) is 0 Å². The highest BCUT2D eigenvalue weighted by molar-refractivity contribution is 5.79. The molecule has 0 amide bonds. The maximum atomic E-state index is 14.0. The first kappa shape index (κ1) is 16.3. The van der Waals surface area contributed by atoms with E-state index in [4.69, 9.17) is 4.98 Å². The van der Waals surface area contributed by atoms with Gasteiger partial charge in [0.05, 0.1) is 17.6 Å². The number of hydrogen-bond donors (Lipinski definition) is 0. The normalized spacial score (nSPS) is 16.6. The van der Waals surface area contributed by atoms with Crippen molar-refractivity contribution in [3.63, 3.8) is 0 Å². The molecule has 130 valence electrons. The van der Waals surface area contributed by atoms with Gasteiger partial charge in [-0.15, -0.1) is 0 Å². The third kappa shape index (κ3) is 3.07. The molecule has 0 aliphatic carbocycles. The quantitative estimate of drug-likeness (QED) is 0.706. The van der Waals surface area contributed by atoms with Gasteiger partial charge >= 0.3 is 0 Å². The molecule has 1 aromatic heterocycles. The second-order valence-corrected chi connectivity index (χ2v) is 7.10. The fourth-order valence-corrected chi connectivity index (χ4v) is 4.06. The van der Waals surface area contributed by atoms with E-state index < -0.39 is 0 Å². The molecule has 3 aromatic rings. The second kappa shape index (κ2) is 6.60. The van der Waals surface area contributed by atoms with Crippen molar-refractivity contribution < 1.29 is 4.39 Å². The van der Waals surface area contributed by atoms with Crippen LogP contribution in [0.4, 0.5) is 4.39 Å². The number of aromatic nitrogens is 2. The number of hydrogen-bond acceptors (Lipinski definition) is 2. The Morgan fingerprint density at radius 1 is 1.08 bits per heavy atom. The summed E-state index contributed by atoms with van der Waals surface area (Å²) in [5, 5.41) is 0. The number of fused-ring (bicyclic) bond motifs is 1. The molecule has 0 N–H and O–H groups in total. The molecular formula is C21H24FN3. The van der Waals surface area contributed by atoms with E-state index in [1.54, 1.807) is 12.1 Å². The van der Waals surface area contributed by atoms with Gasteiger partial charge in [-0.2, -0.15) is 0 Å². The van der Waals surface area contributed by atoms with Crippen LogP contribution in [-0.4, -0.2) is 27.5 Å². The van der Waals surface area contributed by atoms with Crippen LogP contribution in [0.15, 0.2) is 42.5 Å². The zero-order valence-corrected chi connectivity index (χ0v) is 14.9. The number of benzene rings is 2. The number of halogens is 1. The Labute approximate surface area is 148 Å². The average molecular weight is 337 g/mol. The fourth-order valence-electron chi connectivity index (χ4n) is 4.06. The van der Waals surface area contributed by atoms with Gasteiger partial charge in [0.2, 0.25) is 0 Å². The molecule has 0 spiro atoms. The number of rotatable bonds is 3. The highest BCUT2D eigenvalue weighted by Crippen LogP contribution is 2.30. The average Bonchev–Trinajstić information content (AvgIpc) is 2.93. The van der Waals surface area contributed by atoms with Gasteiger partial charge in [-0.05, 0) is 62.0 Å². The molecule has 1 saturated heterocycles. The van der Waals surface area contributed by atoms with Crippen LogP contribution in [-0.2, 0) is 13.6 Å². The van der Waals surface area contributed by atoms with E-state index in [0.717, 1.165) is 49.4 Å². The lowest BCUT2D eigenvalue weighted by atomic mass is 9.89. The van der Waals surface area contributed by atoms with E-state index in [-0.39, 0.29) is 5.82 Å². The van der Waals surface area contributed by atoms with Crippen LogP contribution >= 0.6 is 0 Å². The topological polar surface area (TPSA) is 21.1 Å². The molecule has 2 heterocycles. The van der Waals surface area contributed by atoms with Crippen molar-refractivity contribution in [3.8, 4) is 0 Å². The van der Waals surface area contributed by atoms with Crippen molar-refractivity contribution in [3.05, 3.63) is 65.2 Å². The van der Waals surface area contributed by atoms with Crippen molar-refractivity contribution >= 4 is 11.0 Å². The van der Waals surface area contributed by atoms with E-state index in [1.807, 2.05) is 12.1 Å². The predicted octanol–water partition coefficient (Wildman–Crippen LogP) is 4.40. The second-order valence-electron chi connectivity index (χ2n) is 7.10. The van der Waals surface area contributed by atoms with Crippen LogP contribution in [0, 0.1) is 12.7 Å². The Bertz CT molecular complexity index is 891. The molecule has 0 unspecified atom stereocenters. The molecule has 25 heavy (non-hydrogen) atoms. The van der Waals surface area contributed by atoms with Crippen LogP contribution in [0.25, 0.3) is 11.0 Å². The SMILES string of the molecule is Cc1cccc2nc(CN3CCC(c4ccccc4F)CC3)n(C)c12. The van der Waals surface area contributed by atoms with Crippen LogP contribution < -0.4 is 0 Å². The molecule has 1 aliphatic heterocycles. The minimum Gasteiger partial charge on any atom is -0.330 e. The van der Waals surface area contributed by atoms with Crippen LogP contribution in [0.1, 0.15) is 35.7 Å². The molecule has 1 fully saturated rings. The summed E-state index contributed by atoms with van der Waals surface area (Å²) in [5.74, 6) is 1.38. The van der Waals surface area contributed by atoms with Gasteiger partial charge in [0, 0.05) is 7.05 Å². The number of para-hydroxylation sites is 1. The third-order valence-corrected chi connectivity index (χ3v) is 5.49. The number of imidazole rings is 1. The molecule has 2 aromatic carbocycles. The lowest BCUT2D eigenvalue weighted by molar-refractivity contribution is 0.197. The Hall–Kier alpha value is -2.20. The van der Waals surface area contributed by atoms with Crippen molar-refractivity contribution in [1.82, 2.24) is 14.5 Å². The summed E-state index contributed by atoms with van der Waals surface area (Å²) in [6, 6.07) is 13.5. The van der Waals surface area contributed by atoms with Gasteiger partial charge in [-0.1, -0.05) is 30.3 Å². The highest BCUT2D eigenvalue weighted by atomic mass is 19.1. The maximum Gasteiger partial charge on any atom is 0.126 e. The number of piperidine rings is 1. The zero-order valence-electron chi connectivity index (χ0n) is 14.9. The summed E-state index contributed by atoms with van der Waals surface area (Å²) >= 11 is 0. The Balaban J connectivity index is 1.47. The summed E-state index contributed by atoms with van der Waals surface area (Å²) < 4.78 is 16.2. The molecule has 1 aliphatic rings. The molecule has 3 nitrogen and oxygen atoms in total. The summed E-state index contributed by atoms with van der Waals surface area (Å²) in [5.41, 5.74) is 4.43. The molecular weight excluding hydrogens is 313 g/mol. The standard InChI is InChI=1S/C21H24FN3/c1-15-6-5-9-19-21(15)24(2)20(23-19)14-25-12-10-16(11-13-25)17-7-3-4-8-18(17)22/h3-9,16H,10-14H2,1-2H3. The van der Waals surface area contributed by atoms with Crippen molar-refractivity contribution in [1.29, 1.82) is 0 Å². The van der Waals surface area contributed by atoms with E-state index in [1.165, 1.54) is 11.1 Å². The van der Waals surface area contributed by atoms with Gasteiger partial charge < -0.3 is 4.57 Å². The van der Waals surface area contributed by atoms with Gasteiger partial charge in [0.1, 0.15) is 11.6 Å². The molecule has 4 heteroatoms. The van der Waals surface area contributed by atoms with Gasteiger partial charge in [-0.25, -0.2) is 9.37 Å². The summed E-state index contributed by atoms with van der Waals surface area (Å²) in [6.45, 7) is 4.96. The zero-order chi connectivity index (χ0) is 17.4. The Morgan fingerprint density at radius 2 is 1.84 bits per heavy atom. The molecule has 0 saturated carbocycles. The maximum absolute atomic E-state index is 14.0. The van der Waals surface area contributed by atoms with Crippen molar-refractivity contribution in [2.45, 2.75) is 32.2 Å². The molecule has 4 rings (SSSR count). The summed E-state index contributed by atoms with van der Waals surface area (Å²) in [7, 11) is 2.10. The fraction of sp³-hybridized carbons (Fsp3) is 0.381. The highest BCUT2D eigenvalue weighted by Gasteiger charge is 2.23.